The van der Waals surface area contributed by atoms with E-state index in [0.29, 0.717) is 12.8 Å². The molecule has 3 aromatic carbocycles. The monoisotopic (exact) mass is 587 g/mol. The number of ether oxygens (including phenoxy) is 1. The highest BCUT2D eigenvalue weighted by atomic mass is 32.2. The van der Waals surface area contributed by atoms with Gasteiger partial charge in [0.1, 0.15) is 18.7 Å². The lowest BCUT2D eigenvalue weighted by Crippen LogP contribution is -2.55. The largest absolute Gasteiger partial charge is 0.463 e. The van der Waals surface area contributed by atoms with E-state index in [-0.39, 0.29) is 30.8 Å². The van der Waals surface area contributed by atoms with Crippen LogP contribution in [0.2, 0.25) is 0 Å². The van der Waals surface area contributed by atoms with Crippen molar-refractivity contribution in [2.24, 2.45) is 11.7 Å². The third kappa shape index (κ3) is 8.01. The number of rotatable bonds is 14. The Kier molecular flexibility index (Phi) is 11.2. The number of hydrogen-bond acceptors (Lipinski definition) is 6. The smallest absolute Gasteiger partial charge is 0.329 e. The Morgan fingerprint density at radius 1 is 0.833 bits per heavy atom. The first kappa shape index (κ1) is 31.3. The van der Waals surface area contributed by atoms with Gasteiger partial charge in [-0.15, -0.1) is 0 Å². The van der Waals surface area contributed by atoms with Gasteiger partial charge in [0.15, 0.2) is 0 Å². The van der Waals surface area contributed by atoms with E-state index in [0.717, 1.165) is 33.6 Å². The Labute approximate surface area is 253 Å². The molecule has 4 rings (SSSR count). The first-order chi connectivity index (χ1) is 20.3. The average molecular weight is 588 g/mol. The topological polar surface area (TPSA) is 111 Å². The molecule has 8 heteroatoms. The molecule has 0 saturated heterocycles. The van der Waals surface area contributed by atoms with Gasteiger partial charge in [-0.05, 0) is 58.6 Å². The number of amides is 2. The number of nitrogens with two attached hydrogens (primary N) is 1. The molecule has 2 amide bonds. The molecule has 4 N–H and O–H groups in total. The predicted octanol–water partition coefficient (Wildman–Crippen LogP) is 4.68. The fourth-order valence-corrected chi connectivity index (χ4v) is 5.87. The van der Waals surface area contributed by atoms with Gasteiger partial charge in [-0.3, -0.25) is 9.59 Å². The lowest BCUT2D eigenvalue weighted by atomic mass is 9.98. The van der Waals surface area contributed by atoms with Crippen LogP contribution in [0.1, 0.15) is 49.3 Å². The molecule has 42 heavy (non-hydrogen) atoms. The summed E-state index contributed by atoms with van der Waals surface area (Å²) >= 11 is 1.61. The molecule has 7 nitrogen and oxygen atoms in total. The van der Waals surface area contributed by atoms with Gasteiger partial charge in [0, 0.05) is 12.3 Å². The van der Waals surface area contributed by atoms with E-state index >= 15 is 0 Å². The molecule has 1 aliphatic rings. The predicted molar refractivity (Wildman–Crippen MR) is 169 cm³/mol. The molecule has 0 fully saturated rings. The number of hydrogen-bond donors (Lipinski definition) is 3. The summed E-state index contributed by atoms with van der Waals surface area (Å²) in [6.07, 6.45) is 3.14. The number of carbonyl (C=O) groups excluding carboxylic acids is 3. The fourth-order valence-electron chi connectivity index (χ4n) is 5.38. The van der Waals surface area contributed by atoms with Gasteiger partial charge >= 0.3 is 5.97 Å². The first-order valence-electron chi connectivity index (χ1n) is 14.5. The maximum atomic E-state index is 13.6. The van der Waals surface area contributed by atoms with Crippen LogP contribution in [0, 0.1) is 5.92 Å². The van der Waals surface area contributed by atoms with Crippen LogP contribution in [0.4, 0.5) is 0 Å². The summed E-state index contributed by atoms with van der Waals surface area (Å²) in [6.45, 7) is 4.12. The highest BCUT2D eigenvalue weighted by Gasteiger charge is 2.32. The van der Waals surface area contributed by atoms with E-state index in [1.165, 1.54) is 0 Å². The van der Waals surface area contributed by atoms with E-state index in [1.807, 2.05) is 74.7 Å². The zero-order valence-corrected chi connectivity index (χ0v) is 25.4. The second-order valence-corrected chi connectivity index (χ2v) is 12.2. The standard InChI is InChI=1S/C34H41N3O4S/c1-22(2)19-30(36-32(38)29(35)17-18-42-3)33(39)37-31(20-23-11-5-4-6-12-23)34(40)41-21-28-26-15-9-7-13-24(26)25-14-8-10-16-27(25)28/h4-16,22,28-31H,17-21,35H2,1-3H3,(H,36,38)(H,37,39)/t29-,30+,31+/m1/s1. The number of carbonyl (C=O) groups is 3. The summed E-state index contributed by atoms with van der Waals surface area (Å²) in [5.74, 6) is -0.526. The Hall–Kier alpha value is -3.62. The molecule has 3 atom stereocenters. The van der Waals surface area contributed by atoms with Crippen molar-refractivity contribution < 1.29 is 19.1 Å². The maximum Gasteiger partial charge on any atom is 0.329 e. The number of benzene rings is 3. The van der Waals surface area contributed by atoms with Gasteiger partial charge in [0.25, 0.3) is 0 Å². The first-order valence-corrected chi connectivity index (χ1v) is 15.9. The molecule has 3 aromatic rings. The van der Waals surface area contributed by atoms with E-state index in [4.69, 9.17) is 10.5 Å². The van der Waals surface area contributed by atoms with Crippen LogP contribution >= 0.6 is 11.8 Å². The van der Waals surface area contributed by atoms with Crippen molar-refractivity contribution in [2.75, 3.05) is 18.6 Å². The molecular formula is C34H41N3O4S. The second-order valence-electron chi connectivity index (χ2n) is 11.2. The molecule has 0 spiro atoms. The van der Waals surface area contributed by atoms with E-state index in [9.17, 15) is 14.4 Å². The fraction of sp³-hybridized carbons (Fsp3) is 0.382. The third-order valence-corrected chi connectivity index (χ3v) is 8.19. The molecule has 0 unspecified atom stereocenters. The third-order valence-electron chi connectivity index (χ3n) is 7.55. The van der Waals surface area contributed by atoms with Crippen LogP contribution in [0.15, 0.2) is 78.9 Å². The quantitative estimate of drug-likeness (QED) is 0.236. The zero-order valence-electron chi connectivity index (χ0n) is 24.5. The minimum absolute atomic E-state index is 0.0924. The zero-order chi connectivity index (χ0) is 30.1. The second kappa shape index (κ2) is 15.0. The SMILES string of the molecule is CSCC[C@@H](N)C(=O)N[C@@H](CC(C)C)C(=O)N[C@@H](Cc1ccccc1)C(=O)OCC1c2ccccc2-c2ccccc21. The number of thioether (sulfide) groups is 1. The van der Waals surface area contributed by atoms with Crippen molar-refractivity contribution in [3.8, 4) is 11.1 Å². The molecule has 0 aromatic heterocycles. The van der Waals surface area contributed by atoms with Crippen molar-refractivity contribution in [1.82, 2.24) is 10.6 Å². The molecule has 0 radical (unpaired) electrons. The Morgan fingerprint density at radius 3 is 2.00 bits per heavy atom. The number of nitrogens with one attached hydrogen (secondary N) is 2. The molecule has 0 saturated carbocycles. The van der Waals surface area contributed by atoms with E-state index in [2.05, 4.69) is 34.9 Å². The van der Waals surface area contributed by atoms with E-state index < -0.39 is 30.0 Å². The van der Waals surface area contributed by atoms with Gasteiger partial charge in [-0.1, -0.05) is 92.7 Å². The van der Waals surface area contributed by atoms with Gasteiger partial charge in [0.2, 0.25) is 11.8 Å². The molecule has 0 aliphatic heterocycles. The van der Waals surface area contributed by atoms with Crippen molar-refractivity contribution >= 4 is 29.5 Å². The minimum Gasteiger partial charge on any atom is -0.463 e. The van der Waals surface area contributed by atoms with Gasteiger partial charge < -0.3 is 21.1 Å². The molecule has 0 heterocycles. The van der Waals surface area contributed by atoms with Crippen molar-refractivity contribution in [3.63, 3.8) is 0 Å². The van der Waals surface area contributed by atoms with E-state index in [1.54, 1.807) is 11.8 Å². The molecule has 0 bridgehead atoms. The number of fused-ring (bicyclic) bond motifs is 3. The summed E-state index contributed by atoms with van der Waals surface area (Å²) in [6, 6.07) is 23.4. The summed E-state index contributed by atoms with van der Waals surface area (Å²) in [5.41, 5.74) is 11.5. The number of esters is 1. The summed E-state index contributed by atoms with van der Waals surface area (Å²) in [4.78, 5) is 40.0. The minimum atomic E-state index is -0.927. The lowest BCUT2D eigenvalue weighted by Gasteiger charge is -2.25. The Bertz CT molecular complexity index is 1320. The van der Waals surface area contributed by atoms with Gasteiger partial charge in [-0.25, -0.2) is 4.79 Å². The van der Waals surface area contributed by atoms with Crippen molar-refractivity contribution in [3.05, 3.63) is 95.6 Å². The lowest BCUT2D eigenvalue weighted by molar-refractivity contribution is -0.148. The van der Waals surface area contributed by atoms with Crippen molar-refractivity contribution in [1.29, 1.82) is 0 Å². The van der Waals surface area contributed by atoms with Crippen molar-refractivity contribution in [2.45, 2.75) is 57.2 Å². The van der Waals surface area contributed by atoms with Gasteiger partial charge in [0.05, 0.1) is 6.04 Å². The van der Waals surface area contributed by atoms with Crippen LogP contribution < -0.4 is 16.4 Å². The summed E-state index contributed by atoms with van der Waals surface area (Å²) < 4.78 is 5.94. The maximum absolute atomic E-state index is 13.6. The summed E-state index contributed by atoms with van der Waals surface area (Å²) in [7, 11) is 0. The van der Waals surface area contributed by atoms with Gasteiger partial charge in [-0.2, -0.15) is 11.8 Å². The Balaban J connectivity index is 1.50. The van der Waals surface area contributed by atoms with Crippen LogP contribution in [-0.2, 0) is 25.5 Å². The van der Waals surface area contributed by atoms with Crippen LogP contribution in [-0.4, -0.2) is 54.5 Å². The average Bonchev–Trinajstić information content (AvgIpc) is 3.31. The van der Waals surface area contributed by atoms with Crippen LogP contribution in [0.25, 0.3) is 11.1 Å². The normalized spacial score (nSPS) is 14.4. The molecular weight excluding hydrogens is 546 g/mol. The summed E-state index contributed by atoms with van der Waals surface area (Å²) in [5, 5.41) is 5.73. The molecule has 1 aliphatic carbocycles. The highest BCUT2D eigenvalue weighted by Crippen LogP contribution is 2.44. The molecule has 222 valence electrons. The van der Waals surface area contributed by atoms with Crippen LogP contribution in [0.3, 0.4) is 0 Å². The Morgan fingerprint density at radius 2 is 1.40 bits per heavy atom. The van der Waals surface area contributed by atoms with Crippen LogP contribution in [0.5, 0.6) is 0 Å². The highest BCUT2D eigenvalue weighted by molar-refractivity contribution is 7.98.